The molecule has 2 N–H and O–H groups in total. The fourth-order valence-corrected chi connectivity index (χ4v) is 2.82. The maximum Gasteiger partial charge on any atom is 0.190 e. The minimum Gasteiger partial charge on any atom is -0.356 e. The molecule has 0 aliphatic heterocycles. The third-order valence-electron chi connectivity index (χ3n) is 4.44. The highest BCUT2D eigenvalue weighted by Crippen LogP contribution is 2.22. The SMILES string of the molecule is CN=C(NCCCc1cnn(C)c1)NCCc1ccc(C(C)(C)C)cc1. The van der Waals surface area contributed by atoms with Crippen molar-refractivity contribution in [2.24, 2.45) is 12.0 Å². The monoisotopic (exact) mass is 355 g/mol. The zero-order valence-electron chi connectivity index (χ0n) is 16.8. The predicted molar refractivity (Wildman–Crippen MR) is 110 cm³/mol. The fraction of sp³-hybridized carbons (Fsp3) is 0.524. The van der Waals surface area contributed by atoms with Gasteiger partial charge in [-0.2, -0.15) is 5.10 Å². The van der Waals surface area contributed by atoms with Crippen LogP contribution in [0, 0.1) is 0 Å². The Kier molecular flexibility index (Phi) is 7.25. The summed E-state index contributed by atoms with van der Waals surface area (Å²) in [7, 11) is 3.76. The number of aromatic nitrogens is 2. The van der Waals surface area contributed by atoms with Gasteiger partial charge < -0.3 is 10.6 Å². The van der Waals surface area contributed by atoms with Crippen molar-refractivity contribution >= 4 is 5.96 Å². The second-order valence-electron chi connectivity index (χ2n) is 7.75. The first kappa shape index (κ1) is 20.0. The average molecular weight is 356 g/mol. The number of nitrogens with zero attached hydrogens (tertiary/aromatic N) is 3. The van der Waals surface area contributed by atoms with Crippen molar-refractivity contribution in [2.45, 2.75) is 45.4 Å². The Labute approximate surface area is 157 Å². The molecule has 0 saturated heterocycles. The Balaban J connectivity index is 1.66. The van der Waals surface area contributed by atoms with E-state index in [1.807, 2.05) is 25.0 Å². The van der Waals surface area contributed by atoms with Crippen LogP contribution in [0.1, 0.15) is 43.9 Å². The van der Waals surface area contributed by atoms with Gasteiger partial charge in [-0.1, -0.05) is 45.0 Å². The van der Waals surface area contributed by atoms with Crippen LogP contribution in [-0.2, 0) is 25.3 Å². The second-order valence-corrected chi connectivity index (χ2v) is 7.75. The summed E-state index contributed by atoms with van der Waals surface area (Å²) < 4.78 is 1.84. The third kappa shape index (κ3) is 6.54. The van der Waals surface area contributed by atoms with Crippen LogP contribution in [0.25, 0.3) is 0 Å². The zero-order valence-corrected chi connectivity index (χ0v) is 16.8. The van der Waals surface area contributed by atoms with Gasteiger partial charge in [-0.05, 0) is 41.4 Å². The van der Waals surface area contributed by atoms with Crippen molar-refractivity contribution in [1.82, 2.24) is 20.4 Å². The first-order valence-electron chi connectivity index (χ1n) is 9.40. The Morgan fingerprint density at radius 2 is 1.73 bits per heavy atom. The van der Waals surface area contributed by atoms with Crippen molar-refractivity contribution in [2.75, 3.05) is 20.1 Å². The van der Waals surface area contributed by atoms with Gasteiger partial charge in [0.2, 0.25) is 0 Å². The lowest BCUT2D eigenvalue weighted by molar-refractivity contribution is 0.590. The molecule has 0 bridgehead atoms. The lowest BCUT2D eigenvalue weighted by Gasteiger charge is -2.19. The third-order valence-corrected chi connectivity index (χ3v) is 4.44. The molecular formula is C21H33N5. The van der Waals surface area contributed by atoms with E-state index in [4.69, 9.17) is 0 Å². The highest BCUT2D eigenvalue weighted by molar-refractivity contribution is 5.79. The van der Waals surface area contributed by atoms with E-state index >= 15 is 0 Å². The average Bonchev–Trinajstić information content (AvgIpc) is 3.02. The Hall–Kier alpha value is -2.30. The van der Waals surface area contributed by atoms with E-state index in [-0.39, 0.29) is 5.41 Å². The molecular weight excluding hydrogens is 322 g/mol. The normalized spacial score (nSPS) is 12.3. The maximum absolute atomic E-state index is 4.29. The van der Waals surface area contributed by atoms with Crippen molar-refractivity contribution in [3.05, 3.63) is 53.3 Å². The number of rotatable bonds is 7. The van der Waals surface area contributed by atoms with Gasteiger partial charge in [0.1, 0.15) is 0 Å². The summed E-state index contributed by atoms with van der Waals surface area (Å²) in [5.74, 6) is 0.863. The van der Waals surface area contributed by atoms with Crippen molar-refractivity contribution in [3.63, 3.8) is 0 Å². The second kappa shape index (κ2) is 9.41. The molecule has 26 heavy (non-hydrogen) atoms. The molecule has 0 amide bonds. The number of aryl methyl sites for hydroxylation is 2. The van der Waals surface area contributed by atoms with Crippen LogP contribution in [0.4, 0.5) is 0 Å². The van der Waals surface area contributed by atoms with Crippen LogP contribution < -0.4 is 10.6 Å². The number of hydrogen-bond donors (Lipinski definition) is 2. The van der Waals surface area contributed by atoms with E-state index in [9.17, 15) is 0 Å². The molecule has 0 aliphatic rings. The summed E-state index contributed by atoms with van der Waals surface area (Å²) in [6.45, 7) is 8.50. The molecule has 0 atom stereocenters. The summed E-state index contributed by atoms with van der Waals surface area (Å²) in [6, 6.07) is 8.93. The van der Waals surface area contributed by atoms with Crippen molar-refractivity contribution in [3.8, 4) is 0 Å². The molecule has 0 spiro atoms. The first-order chi connectivity index (χ1) is 12.4. The highest BCUT2D eigenvalue weighted by atomic mass is 15.2. The van der Waals surface area contributed by atoms with Gasteiger partial charge in [0.25, 0.3) is 0 Å². The molecule has 142 valence electrons. The number of guanidine groups is 1. The number of nitrogens with one attached hydrogen (secondary N) is 2. The van der Waals surface area contributed by atoms with Crippen LogP contribution >= 0.6 is 0 Å². The molecule has 1 aromatic heterocycles. The van der Waals surface area contributed by atoms with E-state index in [0.717, 1.165) is 38.3 Å². The summed E-state index contributed by atoms with van der Waals surface area (Å²) in [6.07, 6.45) is 7.06. The van der Waals surface area contributed by atoms with E-state index in [1.165, 1.54) is 16.7 Å². The first-order valence-corrected chi connectivity index (χ1v) is 9.40. The summed E-state index contributed by atoms with van der Waals surface area (Å²) in [4.78, 5) is 4.29. The molecule has 0 saturated carbocycles. The summed E-state index contributed by atoms with van der Waals surface area (Å²) in [5, 5.41) is 11.0. The van der Waals surface area contributed by atoms with Crippen LogP contribution in [0.5, 0.6) is 0 Å². The van der Waals surface area contributed by atoms with Crippen LogP contribution in [0.2, 0.25) is 0 Å². The lowest BCUT2D eigenvalue weighted by Crippen LogP contribution is -2.38. The van der Waals surface area contributed by atoms with Crippen LogP contribution in [0.15, 0.2) is 41.7 Å². The molecule has 1 heterocycles. The minimum absolute atomic E-state index is 0.207. The zero-order chi connectivity index (χ0) is 19.0. The van der Waals surface area contributed by atoms with Gasteiger partial charge in [0.15, 0.2) is 5.96 Å². The predicted octanol–water partition coefficient (Wildman–Crippen LogP) is 3.06. The quantitative estimate of drug-likeness (QED) is 0.456. The number of aliphatic imine (C=N–C) groups is 1. The summed E-state index contributed by atoms with van der Waals surface area (Å²) >= 11 is 0. The molecule has 5 heteroatoms. The van der Waals surface area contributed by atoms with Gasteiger partial charge in [0.05, 0.1) is 6.20 Å². The van der Waals surface area contributed by atoms with Crippen molar-refractivity contribution in [1.29, 1.82) is 0 Å². The van der Waals surface area contributed by atoms with Gasteiger partial charge in [0, 0.05) is 33.4 Å². The minimum atomic E-state index is 0.207. The smallest absolute Gasteiger partial charge is 0.190 e. The molecule has 0 unspecified atom stereocenters. The van der Waals surface area contributed by atoms with Gasteiger partial charge in [-0.15, -0.1) is 0 Å². The molecule has 2 rings (SSSR count). The topological polar surface area (TPSA) is 54.2 Å². The van der Waals surface area contributed by atoms with E-state index in [0.29, 0.717) is 0 Å². The van der Waals surface area contributed by atoms with E-state index in [2.05, 4.69) is 72.0 Å². The number of benzene rings is 1. The van der Waals surface area contributed by atoms with Crippen LogP contribution in [-0.4, -0.2) is 35.9 Å². The molecule has 2 aromatic rings. The maximum atomic E-state index is 4.29. The Bertz CT molecular complexity index is 692. The van der Waals surface area contributed by atoms with Crippen molar-refractivity contribution < 1.29 is 0 Å². The van der Waals surface area contributed by atoms with Crippen LogP contribution in [0.3, 0.4) is 0 Å². The van der Waals surface area contributed by atoms with E-state index in [1.54, 1.807) is 0 Å². The van der Waals surface area contributed by atoms with Gasteiger partial charge in [-0.25, -0.2) is 0 Å². The van der Waals surface area contributed by atoms with Gasteiger partial charge in [-0.3, -0.25) is 9.67 Å². The number of hydrogen-bond acceptors (Lipinski definition) is 2. The highest BCUT2D eigenvalue weighted by Gasteiger charge is 2.12. The van der Waals surface area contributed by atoms with Gasteiger partial charge >= 0.3 is 0 Å². The molecule has 0 radical (unpaired) electrons. The summed E-state index contributed by atoms with van der Waals surface area (Å²) in [5.41, 5.74) is 4.20. The Morgan fingerprint density at radius 3 is 2.31 bits per heavy atom. The largest absolute Gasteiger partial charge is 0.356 e. The van der Waals surface area contributed by atoms with E-state index < -0.39 is 0 Å². The standard InChI is InChI=1S/C21H33N5/c1-21(2,3)19-10-8-17(9-11-19)12-14-24-20(22-4)23-13-6-7-18-15-25-26(5)16-18/h8-11,15-16H,6-7,12-14H2,1-5H3,(H2,22,23,24). The molecule has 1 aromatic carbocycles. The molecule has 0 fully saturated rings. The Morgan fingerprint density at radius 1 is 1.04 bits per heavy atom. The molecule has 0 aliphatic carbocycles. The lowest BCUT2D eigenvalue weighted by atomic mass is 9.86. The fourth-order valence-electron chi connectivity index (χ4n) is 2.82. The molecule has 5 nitrogen and oxygen atoms in total.